The Kier molecular flexibility index (Phi) is 26.5. The minimum absolute atomic E-state index is 0.0329. The summed E-state index contributed by atoms with van der Waals surface area (Å²) in [7, 11) is 0. The van der Waals surface area contributed by atoms with Crippen molar-refractivity contribution in [2.75, 3.05) is 58.3 Å². The van der Waals surface area contributed by atoms with Crippen LogP contribution in [0.2, 0.25) is 0 Å². The van der Waals surface area contributed by atoms with Crippen LogP contribution in [0.4, 0.5) is 5.13 Å². The lowest BCUT2D eigenvalue weighted by atomic mass is 10.1. The van der Waals surface area contributed by atoms with Crippen molar-refractivity contribution < 1.29 is 76.1 Å². The van der Waals surface area contributed by atoms with Crippen molar-refractivity contribution in [3.05, 3.63) is 164 Å². The highest BCUT2D eigenvalue weighted by molar-refractivity contribution is 7.22. The van der Waals surface area contributed by atoms with Gasteiger partial charge in [-0.2, -0.15) is 5.10 Å². The number of nitrogens with zero attached hydrogens (tertiary/aromatic N) is 2. The summed E-state index contributed by atoms with van der Waals surface area (Å²) in [6.07, 6.45) is 8.46. The van der Waals surface area contributed by atoms with Crippen LogP contribution >= 0.6 is 11.3 Å². The number of anilines is 1. The third-order valence-corrected chi connectivity index (χ3v) is 11.8. The van der Waals surface area contributed by atoms with E-state index in [4.69, 9.17) is 47.4 Å². The van der Waals surface area contributed by atoms with Crippen molar-refractivity contribution in [1.29, 1.82) is 0 Å². The lowest BCUT2D eigenvalue weighted by Crippen LogP contribution is -2.25. The van der Waals surface area contributed by atoms with E-state index in [1.54, 1.807) is 66.7 Å². The number of rotatable bonds is 37. The Balaban J connectivity index is 1.12. The second-order valence-corrected chi connectivity index (χ2v) is 17.6. The van der Waals surface area contributed by atoms with Crippen molar-refractivity contribution in [3.63, 3.8) is 0 Å². The number of carbonyl (C=O) groups excluding carboxylic acids is 6. The number of ether oxygens (including phenoxy) is 10. The summed E-state index contributed by atoms with van der Waals surface area (Å²) in [5.41, 5.74) is 5.54. The molecule has 2 unspecified atom stereocenters. The second kappa shape index (κ2) is 34.3. The molecule has 0 aliphatic heterocycles. The van der Waals surface area contributed by atoms with Crippen LogP contribution in [0.15, 0.2) is 147 Å². The molecule has 1 aromatic heterocycles. The smallest absolute Gasteiger partial charge is 0.343 e. The average molecular weight is 1090 g/mol. The first-order valence-electron chi connectivity index (χ1n) is 25.0. The highest BCUT2D eigenvalue weighted by atomic mass is 32.1. The molecular formula is C58H63N3O16S. The van der Waals surface area contributed by atoms with Crippen molar-refractivity contribution >= 4 is 68.7 Å². The van der Waals surface area contributed by atoms with E-state index in [0.29, 0.717) is 79.5 Å². The first-order chi connectivity index (χ1) is 38.0. The average Bonchev–Trinajstić information content (AvgIpc) is 3.89. The van der Waals surface area contributed by atoms with Gasteiger partial charge in [0.25, 0.3) is 0 Å². The number of nitrogens with one attached hydrogen (secondary N) is 1. The largest absolute Gasteiger partial charge is 0.493 e. The predicted octanol–water partition coefficient (Wildman–Crippen LogP) is 9.49. The van der Waals surface area contributed by atoms with Gasteiger partial charge in [-0.05, 0) is 110 Å². The van der Waals surface area contributed by atoms with Gasteiger partial charge in [-0.1, -0.05) is 55.9 Å². The van der Waals surface area contributed by atoms with Gasteiger partial charge in [-0.3, -0.25) is 5.43 Å². The van der Waals surface area contributed by atoms with E-state index in [1.807, 2.05) is 24.3 Å². The first kappa shape index (κ1) is 60.4. The van der Waals surface area contributed by atoms with Gasteiger partial charge in [0.2, 0.25) is 11.4 Å². The van der Waals surface area contributed by atoms with E-state index in [0.717, 1.165) is 46.5 Å². The number of para-hydroxylation sites is 1. The quantitative estimate of drug-likeness (QED) is 0.00570. The van der Waals surface area contributed by atoms with Gasteiger partial charge in [0.1, 0.15) is 23.4 Å². The number of benzene rings is 4. The number of esters is 6. The lowest BCUT2D eigenvalue weighted by Gasteiger charge is -2.18. The molecule has 0 aliphatic carbocycles. The Morgan fingerprint density at radius 1 is 0.603 bits per heavy atom. The Bertz CT molecular complexity index is 2780. The van der Waals surface area contributed by atoms with Crippen LogP contribution < -0.4 is 19.6 Å². The SMILES string of the molecule is C=CC(=O)OCCCCCOC(CCOc1ccc(C(=O)OCCc2ccc(OC(=O)c3ccc(OCCC(COCCCCOC(=O)C=C)OC(=O)C=C)cc3)c(/C=N/Nc3nc4ccccc4s3)c2)cc1)OC(=O)C=C. The molecule has 0 fully saturated rings. The highest BCUT2D eigenvalue weighted by Gasteiger charge is 2.18. The molecule has 0 bridgehead atoms. The van der Waals surface area contributed by atoms with Crippen molar-refractivity contribution in [3.8, 4) is 17.2 Å². The molecule has 0 radical (unpaired) electrons. The second-order valence-electron chi connectivity index (χ2n) is 16.6. The van der Waals surface area contributed by atoms with E-state index >= 15 is 0 Å². The van der Waals surface area contributed by atoms with Crippen molar-refractivity contribution in [2.24, 2.45) is 5.10 Å². The summed E-state index contributed by atoms with van der Waals surface area (Å²) in [6, 6.07) is 25.6. The minimum atomic E-state index is -0.873. The van der Waals surface area contributed by atoms with Crippen LogP contribution in [0.5, 0.6) is 17.2 Å². The van der Waals surface area contributed by atoms with Crippen LogP contribution in [0, 0.1) is 0 Å². The number of hydrogen-bond acceptors (Lipinski definition) is 20. The zero-order valence-corrected chi connectivity index (χ0v) is 44.0. The topological polar surface area (TPSA) is 232 Å². The molecule has 5 aromatic rings. The fraction of sp³-hybridized carbons (Fsp3) is 0.310. The number of fused-ring (bicyclic) bond motifs is 1. The molecule has 0 amide bonds. The molecule has 0 spiro atoms. The van der Waals surface area contributed by atoms with Crippen LogP contribution in [-0.4, -0.2) is 112 Å². The van der Waals surface area contributed by atoms with Crippen LogP contribution in [0.3, 0.4) is 0 Å². The van der Waals surface area contributed by atoms with E-state index < -0.39 is 48.2 Å². The molecule has 0 saturated heterocycles. The van der Waals surface area contributed by atoms with Gasteiger partial charge < -0.3 is 47.4 Å². The zero-order chi connectivity index (χ0) is 55.7. The zero-order valence-electron chi connectivity index (χ0n) is 43.2. The number of hydrogen-bond donors (Lipinski definition) is 1. The molecular weight excluding hydrogens is 1030 g/mol. The Labute approximate surface area is 456 Å². The Morgan fingerprint density at radius 2 is 1.21 bits per heavy atom. The van der Waals surface area contributed by atoms with Gasteiger partial charge in [0.15, 0.2) is 0 Å². The molecule has 412 valence electrons. The molecule has 20 heteroatoms. The molecule has 5 rings (SSSR count). The summed E-state index contributed by atoms with van der Waals surface area (Å²) in [5.74, 6) is -2.23. The van der Waals surface area contributed by atoms with Gasteiger partial charge in [-0.15, -0.1) is 0 Å². The maximum Gasteiger partial charge on any atom is 0.343 e. The number of aromatic nitrogens is 1. The predicted molar refractivity (Wildman–Crippen MR) is 292 cm³/mol. The summed E-state index contributed by atoms with van der Waals surface area (Å²) >= 11 is 1.43. The van der Waals surface area contributed by atoms with Gasteiger partial charge >= 0.3 is 35.8 Å². The monoisotopic (exact) mass is 1090 g/mol. The number of unbranched alkanes of at least 4 members (excludes halogenated alkanes) is 3. The molecule has 4 aromatic carbocycles. The van der Waals surface area contributed by atoms with Crippen LogP contribution in [-0.2, 0) is 58.8 Å². The molecule has 1 heterocycles. The molecule has 1 N–H and O–H groups in total. The minimum Gasteiger partial charge on any atom is -0.493 e. The molecule has 0 aliphatic rings. The highest BCUT2D eigenvalue weighted by Crippen LogP contribution is 2.26. The lowest BCUT2D eigenvalue weighted by molar-refractivity contribution is -0.175. The van der Waals surface area contributed by atoms with Crippen LogP contribution in [0.25, 0.3) is 10.2 Å². The van der Waals surface area contributed by atoms with Crippen molar-refractivity contribution in [1.82, 2.24) is 4.98 Å². The van der Waals surface area contributed by atoms with Gasteiger partial charge in [0, 0.05) is 55.7 Å². The summed E-state index contributed by atoms with van der Waals surface area (Å²) < 4.78 is 56.3. The standard InChI is InChI=1S/C58H63N3O16S/c1-5-51(62)71-32-12-9-13-34-73-55(77-54(65)8-4)30-37-70-46-23-19-42(20-24-46)56(66)74-35-28-41-18-27-49(44(38-41)39-59-61-58-60-48-16-10-11-17-50(48)78-58)76-57(67)43-21-25-45(26-22-43)69-36-29-47(75-53(64)7-3)40-68-31-14-15-33-72-52(63)6-2/h5-8,10-11,16-27,38-39,47,55H,1-4,9,12-15,28-37,40H2,(H,60,61)/b59-39+. The molecule has 19 nitrogen and oxygen atoms in total. The first-order valence-corrected chi connectivity index (χ1v) is 25.8. The van der Waals surface area contributed by atoms with E-state index in [9.17, 15) is 28.8 Å². The maximum atomic E-state index is 13.5. The van der Waals surface area contributed by atoms with Gasteiger partial charge in [-0.25, -0.2) is 33.8 Å². The number of carbonyl (C=O) groups is 6. The third kappa shape index (κ3) is 22.4. The normalized spacial score (nSPS) is 11.6. The molecule has 2 atom stereocenters. The van der Waals surface area contributed by atoms with E-state index in [2.05, 4.69) is 41.8 Å². The fourth-order valence-corrected chi connectivity index (χ4v) is 7.62. The number of hydrazone groups is 1. The van der Waals surface area contributed by atoms with E-state index in [-0.39, 0.29) is 57.4 Å². The third-order valence-electron chi connectivity index (χ3n) is 10.8. The van der Waals surface area contributed by atoms with Crippen molar-refractivity contribution in [2.45, 2.75) is 63.8 Å². The fourth-order valence-electron chi connectivity index (χ4n) is 6.81. The van der Waals surface area contributed by atoms with Crippen LogP contribution in [0.1, 0.15) is 76.8 Å². The maximum absolute atomic E-state index is 13.5. The number of thiazole rings is 1. The Hall–Kier alpha value is -8.46. The molecule has 0 saturated carbocycles. The van der Waals surface area contributed by atoms with E-state index in [1.165, 1.54) is 17.6 Å². The summed E-state index contributed by atoms with van der Waals surface area (Å²) in [4.78, 5) is 77.4. The Morgan fingerprint density at radius 3 is 1.87 bits per heavy atom. The molecule has 78 heavy (non-hydrogen) atoms. The summed E-state index contributed by atoms with van der Waals surface area (Å²) in [6.45, 7) is 15.3. The summed E-state index contributed by atoms with van der Waals surface area (Å²) in [5, 5.41) is 4.96. The van der Waals surface area contributed by atoms with Gasteiger partial charge in [0.05, 0.1) is 73.8 Å².